The first-order chi connectivity index (χ1) is 9.69. The molecule has 0 heterocycles. The predicted molar refractivity (Wildman–Crippen MR) is 79.3 cm³/mol. The highest BCUT2D eigenvalue weighted by Crippen LogP contribution is 2.15. The normalized spacial score (nSPS) is 12.3. The van der Waals surface area contributed by atoms with Crippen LogP contribution < -0.4 is 5.32 Å². The second-order valence-electron chi connectivity index (χ2n) is 4.69. The van der Waals surface area contributed by atoms with Gasteiger partial charge in [0, 0.05) is 23.2 Å². The van der Waals surface area contributed by atoms with Gasteiger partial charge in [0.05, 0.1) is 6.61 Å². The van der Waals surface area contributed by atoms with E-state index in [0.717, 1.165) is 5.56 Å². The summed E-state index contributed by atoms with van der Waals surface area (Å²) in [6.45, 7) is 0.335. The summed E-state index contributed by atoms with van der Waals surface area (Å²) in [5, 5.41) is 13.1. The van der Waals surface area contributed by atoms with Crippen molar-refractivity contribution >= 4 is 11.6 Å². The van der Waals surface area contributed by atoms with Gasteiger partial charge in [-0.2, -0.15) is 0 Å². The fourth-order valence-corrected chi connectivity index (χ4v) is 2.23. The molecular formula is C16H17ClFNO. The van der Waals surface area contributed by atoms with E-state index in [1.807, 2.05) is 30.3 Å². The summed E-state index contributed by atoms with van der Waals surface area (Å²) in [5.41, 5.74) is 1.63. The number of halogens is 2. The van der Waals surface area contributed by atoms with E-state index in [2.05, 4.69) is 5.32 Å². The molecule has 0 saturated carbocycles. The maximum atomic E-state index is 13.6. The van der Waals surface area contributed by atoms with Gasteiger partial charge in [-0.05, 0) is 30.2 Å². The van der Waals surface area contributed by atoms with Crippen molar-refractivity contribution in [1.82, 2.24) is 5.32 Å². The Balaban J connectivity index is 1.95. The van der Waals surface area contributed by atoms with Gasteiger partial charge in [-0.25, -0.2) is 4.39 Å². The van der Waals surface area contributed by atoms with Crippen LogP contribution in [-0.2, 0) is 13.0 Å². The second-order valence-corrected chi connectivity index (χ2v) is 5.12. The standard InChI is InChI=1S/C16H17ClFNO/c17-14-6-7-16(18)13(9-14)10-19-15(11-20)8-12-4-2-1-3-5-12/h1-7,9,15,19-20H,8,10-11H2/t15-/m1/s1. The first-order valence-electron chi connectivity index (χ1n) is 6.51. The Bertz CT molecular complexity index is 547. The Morgan fingerprint density at radius 2 is 1.90 bits per heavy atom. The van der Waals surface area contributed by atoms with E-state index < -0.39 is 0 Å². The molecule has 0 radical (unpaired) electrons. The van der Waals surface area contributed by atoms with Gasteiger partial charge in [-0.1, -0.05) is 41.9 Å². The van der Waals surface area contributed by atoms with Crippen molar-refractivity contribution in [1.29, 1.82) is 0 Å². The molecule has 0 unspecified atom stereocenters. The first-order valence-corrected chi connectivity index (χ1v) is 6.89. The lowest BCUT2D eigenvalue weighted by Gasteiger charge is -2.16. The summed E-state index contributed by atoms with van der Waals surface area (Å²) in [6, 6.07) is 14.2. The van der Waals surface area contributed by atoms with Gasteiger partial charge in [0.25, 0.3) is 0 Å². The zero-order valence-electron chi connectivity index (χ0n) is 11.0. The number of hydrogen-bond donors (Lipinski definition) is 2. The van der Waals surface area contributed by atoms with Crippen LogP contribution in [0.1, 0.15) is 11.1 Å². The predicted octanol–water partition coefficient (Wildman–Crippen LogP) is 3.17. The summed E-state index contributed by atoms with van der Waals surface area (Å²) in [4.78, 5) is 0. The molecule has 2 rings (SSSR count). The van der Waals surface area contributed by atoms with Crippen molar-refractivity contribution in [3.8, 4) is 0 Å². The molecule has 2 aromatic carbocycles. The molecule has 0 spiro atoms. The fraction of sp³-hybridized carbons (Fsp3) is 0.250. The lowest BCUT2D eigenvalue weighted by atomic mass is 10.1. The molecule has 0 saturated heterocycles. The molecule has 20 heavy (non-hydrogen) atoms. The molecule has 0 aliphatic carbocycles. The third-order valence-electron chi connectivity index (χ3n) is 3.13. The minimum Gasteiger partial charge on any atom is -0.395 e. The van der Waals surface area contributed by atoms with Gasteiger partial charge in [-0.15, -0.1) is 0 Å². The lowest BCUT2D eigenvalue weighted by molar-refractivity contribution is 0.240. The van der Waals surface area contributed by atoms with Gasteiger partial charge >= 0.3 is 0 Å². The van der Waals surface area contributed by atoms with Gasteiger partial charge < -0.3 is 10.4 Å². The molecule has 2 aromatic rings. The number of aliphatic hydroxyl groups excluding tert-OH is 1. The smallest absolute Gasteiger partial charge is 0.127 e. The van der Waals surface area contributed by atoms with E-state index in [1.165, 1.54) is 12.1 Å². The maximum absolute atomic E-state index is 13.6. The minimum atomic E-state index is -0.293. The average Bonchev–Trinajstić information content (AvgIpc) is 2.47. The van der Waals surface area contributed by atoms with Gasteiger partial charge in [-0.3, -0.25) is 0 Å². The number of aliphatic hydroxyl groups is 1. The Hall–Kier alpha value is -1.42. The van der Waals surface area contributed by atoms with Crippen molar-refractivity contribution in [2.45, 2.75) is 19.0 Å². The van der Waals surface area contributed by atoms with Crippen LogP contribution in [0.4, 0.5) is 4.39 Å². The van der Waals surface area contributed by atoms with Crippen LogP contribution in [-0.4, -0.2) is 17.8 Å². The summed E-state index contributed by atoms with van der Waals surface area (Å²) in [7, 11) is 0. The Kier molecular flexibility index (Phi) is 5.53. The summed E-state index contributed by atoms with van der Waals surface area (Å²) >= 11 is 5.85. The Labute approximate surface area is 123 Å². The number of nitrogens with one attached hydrogen (secondary N) is 1. The topological polar surface area (TPSA) is 32.3 Å². The van der Waals surface area contributed by atoms with Gasteiger partial charge in [0.2, 0.25) is 0 Å². The first kappa shape index (κ1) is 15.0. The second kappa shape index (κ2) is 7.39. The van der Waals surface area contributed by atoms with E-state index >= 15 is 0 Å². The van der Waals surface area contributed by atoms with Crippen molar-refractivity contribution in [3.05, 3.63) is 70.5 Å². The molecule has 4 heteroatoms. The molecule has 1 atom stereocenters. The monoisotopic (exact) mass is 293 g/mol. The van der Waals surface area contributed by atoms with Gasteiger partial charge in [0.1, 0.15) is 5.82 Å². The highest BCUT2D eigenvalue weighted by molar-refractivity contribution is 6.30. The largest absolute Gasteiger partial charge is 0.395 e. The van der Waals surface area contributed by atoms with Gasteiger partial charge in [0.15, 0.2) is 0 Å². The molecule has 106 valence electrons. The molecular weight excluding hydrogens is 277 g/mol. The van der Waals surface area contributed by atoms with Crippen LogP contribution in [0.5, 0.6) is 0 Å². The number of hydrogen-bond acceptors (Lipinski definition) is 2. The molecule has 0 fully saturated rings. The summed E-state index contributed by atoms with van der Waals surface area (Å²) in [5.74, 6) is -0.293. The van der Waals surface area contributed by atoms with E-state index in [-0.39, 0.29) is 18.5 Å². The van der Waals surface area contributed by atoms with Crippen LogP contribution in [0.2, 0.25) is 5.02 Å². The van der Waals surface area contributed by atoms with Crippen LogP contribution in [0.15, 0.2) is 48.5 Å². The van der Waals surface area contributed by atoms with Crippen LogP contribution in [0.25, 0.3) is 0 Å². The van der Waals surface area contributed by atoms with Crippen molar-refractivity contribution < 1.29 is 9.50 Å². The molecule has 2 nitrogen and oxygen atoms in total. The maximum Gasteiger partial charge on any atom is 0.127 e. The zero-order chi connectivity index (χ0) is 14.4. The number of benzene rings is 2. The van der Waals surface area contributed by atoms with E-state index in [1.54, 1.807) is 6.07 Å². The zero-order valence-corrected chi connectivity index (χ0v) is 11.8. The van der Waals surface area contributed by atoms with Crippen LogP contribution >= 0.6 is 11.6 Å². The van der Waals surface area contributed by atoms with E-state index in [0.29, 0.717) is 23.6 Å². The minimum absolute atomic E-state index is 0.00290. The van der Waals surface area contributed by atoms with Crippen LogP contribution in [0.3, 0.4) is 0 Å². The molecule has 0 bridgehead atoms. The molecule has 0 aromatic heterocycles. The van der Waals surface area contributed by atoms with Crippen LogP contribution in [0, 0.1) is 5.82 Å². The molecule has 0 aliphatic rings. The highest BCUT2D eigenvalue weighted by Gasteiger charge is 2.10. The fourth-order valence-electron chi connectivity index (χ4n) is 2.03. The Morgan fingerprint density at radius 1 is 1.15 bits per heavy atom. The SMILES string of the molecule is OC[C@@H](Cc1ccccc1)NCc1cc(Cl)ccc1F. The molecule has 0 amide bonds. The lowest BCUT2D eigenvalue weighted by Crippen LogP contribution is -2.34. The average molecular weight is 294 g/mol. The third kappa shape index (κ3) is 4.30. The van der Waals surface area contributed by atoms with E-state index in [4.69, 9.17) is 11.6 Å². The van der Waals surface area contributed by atoms with Crippen molar-refractivity contribution in [2.24, 2.45) is 0 Å². The summed E-state index contributed by atoms with van der Waals surface area (Å²) in [6.07, 6.45) is 0.694. The Morgan fingerprint density at radius 3 is 2.60 bits per heavy atom. The molecule has 0 aliphatic heterocycles. The quantitative estimate of drug-likeness (QED) is 0.857. The third-order valence-corrected chi connectivity index (χ3v) is 3.37. The van der Waals surface area contributed by atoms with E-state index in [9.17, 15) is 9.50 Å². The molecule has 2 N–H and O–H groups in total. The van der Waals surface area contributed by atoms with Crippen molar-refractivity contribution in [3.63, 3.8) is 0 Å². The number of rotatable bonds is 6. The van der Waals surface area contributed by atoms with Crippen molar-refractivity contribution in [2.75, 3.05) is 6.61 Å². The highest BCUT2D eigenvalue weighted by atomic mass is 35.5. The summed E-state index contributed by atoms with van der Waals surface area (Å²) < 4.78 is 13.6.